The third-order valence-electron chi connectivity index (χ3n) is 1.93. The molecule has 0 bridgehead atoms. The van der Waals surface area contributed by atoms with Crippen LogP contribution in [-0.4, -0.2) is 41.7 Å². The number of carbonyl (C=O) groups excluding carboxylic acids is 1. The molecule has 0 radical (unpaired) electrons. The third kappa shape index (κ3) is 9.82. The number of hydrogen-bond donors (Lipinski definition) is 2. The van der Waals surface area contributed by atoms with Crippen LogP contribution in [0.15, 0.2) is 11.8 Å². The van der Waals surface area contributed by atoms with Crippen molar-refractivity contribution in [3.8, 4) is 0 Å². The van der Waals surface area contributed by atoms with Gasteiger partial charge in [0, 0.05) is 11.8 Å². The molecular formula is C11H20NNaO4S. The molecule has 18 heavy (non-hydrogen) atoms. The van der Waals surface area contributed by atoms with Gasteiger partial charge >= 0.3 is 41.5 Å². The van der Waals surface area contributed by atoms with Crippen LogP contribution in [0.4, 0.5) is 0 Å². The number of allylic oxidation sites excluding steroid dienone is 1. The summed E-state index contributed by atoms with van der Waals surface area (Å²) in [6, 6.07) is -0.673. The van der Waals surface area contributed by atoms with Crippen LogP contribution in [0.3, 0.4) is 0 Å². The van der Waals surface area contributed by atoms with Crippen molar-refractivity contribution in [1.29, 1.82) is 0 Å². The van der Waals surface area contributed by atoms with E-state index in [-0.39, 0.29) is 31.0 Å². The SMILES string of the molecule is CCOC(=O)C=C(C)N[C@@H](CCSC)C(=O)O.[H-].[Na+]. The summed E-state index contributed by atoms with van der Waals surface area (Å²) in [6.45, 7) is 3.66. The third-order valence-corrected chi connectivity index (χ3v) is 2.58. The predicted molar refractivity (Wildman–Crippen MR) is 69.1 cm³/mol. The molecular weight excluding hydrogens is 265 g/mol. The van der Waals surface area contributed by atoms with Gasteiger partial charge < -0.3 is 16.6 Å². The molecule has 0 unspecified atom stereocenters. The van der Waals surface area contributed by atoms with Gasteiger partial charge in [0.25, 0.3) is 0 Å². The molecule has 0 aliphatic rings. The number of nitrogens with one attached hydrogen (secondary N) is 1. The van der Waals surface area contributed by atoms with Crippen molar-refractivity contribution in [1.82, 2.24) is 5.32 Å². The number of rotatable bonds is 8. The maximum Gasteiger partial charge on any atom is 1.00 e. The van der Waals surface area contributed by atoms with Crippen LogP contribution in [0, 0.1) is 0 Å². The van der Waals surface area contributed by atoms with Crippen LogP contribution < -0.4 is 34.9 Å². The van der Waals surface area contributed by atoms with Crippen LogP contribution in [0.25, 0.3) is 0 Å². The van der Waals surface area contributed by atoms with Gasteiger partial charge in [-0.25, -0.2) is 9.59 Å². The molecule has 0 spiro atoms. The number of carbonyl (C=O) groups is 2. The summed E-state index contributed by atoms with van der Waals surface area (Å²) in [5.41, 5.74) is 0.497. The van der Waals surface area contributed by atoms with Gasteiger partial charge in [0.2, 0.25) is 0 Å². The Morgan fingerprint density at radius 3 is 2.61 bits per heavy atom. The number of ether oxygens (including phenoxy) is 1. The molecule has 5 nitrogen and oxygen atoms in total. The van der Waals surface area contributed by atoms with Gasteiger partial charge in [0.1, 0.15) is 6.04 Å². The van der Waals surface area contributed by atoms with Gasteiger partial charge in [0.05, 0.1) is 6.61 Å². The zero-order valence-corrected chi connectivity index (χ0v) is 14.2. The second-order valence-electron chi connectivity index (χ2n) is 3.40. The first-order valence-corrected chi connectivity index (χ1v) is 6.74. The van der Waals surface area contributed by atoms with Crippen molar-refractivity contribution < 1.29 is 50.4 Å². The first-order chi connectivity index (χ1) is 8.01. The van der Waals surface area contributed by atoms with Crippen molar-refractivity contribution in [2.45, 2.75) is 26.3 Å². The molecule has 100 valence electrons. The van der Waals surface area contributed by atoms with E-state index < -0.39 is 18.0 Å². The fraction of sp³-hybridized carbons (Fsp3) is 0.636. The van der Waals surface area contributed by atoms with Gasteiger partial charge in [-0.05, 0) is 32.3 Å². The van der Waals surface area contributed by atoms with Crippen LogP contribution in [0.1, 0.15) is 21.7 Å². The topological polar surface area (TPSA) is 75.6 Å². The standard InChI is InChI=1S/C11H19NO4S.Na.H/c1-4-16-10(13)7-8(2)12-9(11(14)15)5-6-17-3;;/h7,9,12H,4-6H2,1-3H3,(H,14,15);;/q;+1;-1/t9-;;/m0../s1. The normalized spacial score (nSPS) is 12.3. The zero-order valence-electron chi connectivity index (χ0n) is 12.4. The fourth-order valence-electron chi connectivity index (χ4n) is 1.17. The maximum absolute atomic E-state index is 11.1. The van der Waals surface area contributed by atoms with Crippen LogP contribution >= 0.6 is 11.8 Å². The molecule has 0 fully saturated rings. The summed E-state index contributed by atoms with van der Waals surface area (Å²) in [5.74, 6) is -0.640. The Balaban J connectivity index is -0.00000128. The van der Waals surface area contributed by atoms with Crippen molar-refractivity contribution >= 4 is 23.7 Å². The molecule has 0 aromatic rings. The van der Waals surface area contributed by atoms with E-state index >= 15 is 0 Å². The van der Waals surface area contributed by atoms with Gasteiger partial charge in [-0.2, -0.15) is 11.8 Å². The quantitative estimate of drug-likeness (QED) is 0.317. The van der Waals surface area contributed by atoms with Gasteiger partial charge in [-0.1, -0.05) is 0 Å². The first kappa shape index (κ1) is 20.2. The largest absolute Gasteiger partial charge is 1.00 e. The summed E-state index contributed by atoms with van der Waals surface area (Å²) in [5, 5.41) is 11.8. The van der Waals surface area contributed by atoms with E-state index in [1.54, 1.807) is 25.6 Å². The van der Waals surface area contributed by atoms with Gasteiger partial charge in [0.15, 0.2) is 0 Å². The summed E-state index contributed by atoms with van der Waals surface area (Å²) in [7, 11) is 0. The number of esters is 1. The summed E-state index contributed by atoms with van der Waals surface area (Å²) < 4.78 is 4.73. The molecule has 0 aromatic carbocycles. The Bertz CT molecular complexity index is 302. The molecule has 0 rings (SSSR count). The van der Waals surface area contributed by atoms with E-state index in [2.05, 4.69) is 5.32 Å². The minimum Gasteiger partial charge on any atom is -1.00 e. The second-order valence-corrected chi connectivity index (χ2v) is 4.38. The van der Waals surface area contributed by atoms with E-state index in [0.717, 1.165) is 5.75 Å². The number of carboxylic acids is 1. The predicted octanol–water partition coefficient (Wildman–Crippen LogP) is -1.63. The Labute approximate surface area is 136 Å². The summed E-state index contributed by atoms with van der Waals surface area (Å²) >= 11 is 1.58. The Kier molecular flexibility index (Phi) is 13.3. The van der Waals surface area contributed by atoms with Crippen LogP contribution in [-0.2, 0) is 14.3 Å². The average molecular weight is 285 g/mol. The monoisotopic (exact) mass is 285 g/mol. The molecule has 1 atom stereocenters. The Hall–Kier alpha value is -0.170. The van der Waals surface area contributed by atoms with Crippen molar-refractivity contribution in [2.75, 3.05) is 18.6 Å². The van der Waals surface area contributed by atoms with Crippen molar-refractivity contribution in [3.05, 3.63) is 11.8 Å². The second kappa shape index (κ2) is 11.9. The van der Waals surface area contributed by atoms with E-state index in [0.29, 0.717) is 18.7 Å². The van der Waals surface area contributed by atoms with E-state index in [1.807, 2.05) is 6.26 Å². The zero-order chi connectivity index (χ0) is 13.3. The Morgan fingerprint density at radius 1 is 1.56 bits per heavy atom. The van der Waals surface area contributed by atoms with E-state index in [9.17, 15) is 9.59 Å². The first-order valence-electron chi connectivity index (χ1n) is 5.34. The summed E-state index contributed by atoms with van der Waals surface area (Å²) in [4.78, 5) is 22.1. The molecule has 7 heteroatoms. The number of thioether (sulfide) groups is 1. The molecule has 0 aromatic heterocycles. The van der Waals surface area contributed by atoms with Gasteiger partial charge in [-0.15, -0.1) is 0 Å². The minimum absolute atomic E-state index is 0. The number of carboxylic acid groups (broad SMARTS) is 1. The Morgan fingerprint density at radius 2 is 2.17 bits per heavy atom. The fourth-order valence-corrected chi connectivity index (χ4v) is 1.64. The average Bonchev–Trinajstić information content (AvgIpc) is 2.23. The molecule has 0 saturated carbocycles. The number of aliphatic carboxylic acids is 1. The smallest absolute Gasteiger partial charge is 1.00 e. The molecule has 0 aliphatic carbocycles. The molecule has 2 N–H and O–H groups in total. The summed E-state index contributed by atoms with van der Waals surface area (Å²) in [6.07, 6.45) is 3.68. The van der Waals surface area contributed by atoms with Gasteiger partial charge in [-0.3, -0.25) is 0 Å². The van der Waals surface area contributed by atoms with E-state index in [4.69, 9.17) is 9.84 Å². The molecule has 0 amide bonds. The number of hydrogen-bond acceptors (Lipinski definition) is 5. The van der Waals surface area contributed by atoms with Crippen molar-refractivity contribution in [3.63, 3.8) is 0 Å². The van der Waals surface area contributed by atoms with Crippen LogP contribution in [0.2, 0.25) is 0 Å². The molecule has 0 saturated heterocycles. The minimum atomic E-state index is -0.921. The van der Waals surface area contributed by atoms with E-state index in [1.165, 1.54) is 6.08 Å². The maximum atomic E-state index is 11.1. The van der Waals surface area contributed by atoms with Crippen molar-refractivity contribution in [2.24, 2.45) is 0 Å². The van der Waals surface area contributed by atoms with Crippen LogP contribution in [0.5, 0.6) is 0 Å². The molecule has 0 aliphatic heterocycles. The molecule has 0 heterocycles.